The summed E-state index contributed by atoms with van der Waals surface area (Å²) in [6.45, 7) is 0.142. The minimum atomic E-state index is -0.361. The van der Waals surface area contributed by atoms with Crippen molar-refractivity contribution in [3.8, 4) is 0 Å². The Morgan fingerprint density at radius 3 is 2.62 bits per heavy atom. The number of hydrogen-bond acceptors (Lipinski definition) is 3. The molecule has 0 spiro atoms. The summed E-state index contributed by atoms with van der Waals surface area (Å²) in [6.07, 6.45) is 5.37. The van der Waals surface area contributed by atoms with Crippen molar-refractivity contribution in [3.05, 3.63) is 0 Å². The molecule has 0 radical (unpaired) electrons. The number of nitrogens with zero attached hydrogens (tertiary/aromatic N) is 1. The van der Waals surface area contributed by atoms with Crippen molar-refractivity contribution >= 4 is 5.91 Å². The third-order valence-corrected chi connectivity index (χ3v) is 3.38. The van der Waals surface area contributed by atoms with E-state index in [0.717, 1.165) is 32.1 Å². The second kappa shape index (κ2) is 6.86. The van der Waals surface area contributed by atoms with Crippen LogP contribution in [0.25, 0.3) is 0 Å². The first-order valence-electron chi connectivity index (χ1n) is 6.21. The van der Waals surface area contributed by atoms with Gasteiger partial charge in [-0.3, -0.25) is 4.79 Å². The lowest BCUT2D eigenvalue weighted by atomic mass is 9.91. The van der Waals surface area contributed by atoms with E-state index in [9.17, 15) is 9.90 Å². The average Bonchev–Trinajstić information content (AvgIpc) is 2.29. The molecule has 2 unspecified atom stereocenters. The molecule has 1 aliphatic rings. The molecule has 0 bridgehead atoms. The van der Waals surface area contributed by atoms with Crippen LogP contribution in [0, 0.1) is 0 Å². The summed E-state index contributed by atoms with van der Waals surface area (Å²) in [5.74, 6) is 0.0828. The lowest BCUT2D eigenvalue weighted by Crippen LogP contribution is -2.46. The van der Waals surface area contributed by atoms with E-state index in [4.69, 9.17) is 5.11 Å². The Labute approximate surface area is 97.3 Å². The van der Waals surface area contributed by atoms with Gasteiger partial charge in [0.1, 0.15) is 0 Å². The number of aliphatic hydroxyl groups excluding tert-OH is 2. The van der Waals surface area contributed by atoms with Crippen molar-refractivity contribution in [2.24, 2.45) is 0 Å². The van der Waals surface area contributed by atoms with Gasteiger partial charge in [0.25, 0.3) is 0 Å². The van der Waals surface area contributed by atoms with Gasteiger partial charge in [0.05, 0.1) is 12.1 Å². The van der Waals surface area contributed by atoms with Gasteiger partial charge < -0.3 is 15.1 Å². The molecular weight excluding hydrogens is 206 g/mol. The van der Waals surface area contributed by atoms with Crippen LogP contribution in [-0.2, 0) is 4.79 Å². The molecule has 0 aromatic heterocycles. The fourth-order valence-electron chi connectivity index (χ4n) is 2.29. The maximum absolute atomic E-state index is 11.8. The highest BCUT2D eigenvalue weighted by Crippen LogP contribution is 2.22. The summed E-state index contributed by atoms with van der Waals surface area (Å²) in [6, 6.07) is -0.00428. The molecule has 2 atom stereocenters. The molecule has 1 aliphatic carbocycles. The molecule has 1 rings (SSSR count). The first-order valence-corrected chi connectivity index (χ1v) is 6.21. The van der Waals surface area contributed by atoms with Crippen molar-refractivity contribution in [3.63, 3.8) is 0 Å². The van der Waals surface area contributed by atoms with Crippen LogP contribution in [0.4, 0.5) is 0 Å². The number of unbranched alkanes of at least 4 members (excludes halogenated alkanes) is 1. The van der Waals surface area contributed by atoms with Crippen LogP contribution in [0.15, 0.2) is 0 Å². The smallest absolute Gasteiger partial charge is 0.222 e. The second-order valence-corrected chi connectivity index (χ2v) is 4.60. The quantitative estimate of drug-likeness (QED) is 0.689. The van der Waals surface area contributed by atoms with Crippen molar-refractivity contribution in [2.45, 2.75) is 57.1 Å². The van der Waals surface area contributed by atoms with Gasteiger partial charge in [0.2, 0.25) is 5.91 Å². The van der Waals surface area contributed by atoms with E-state index in [-0.39, 0.29) is 24.7 Å². The maximum atomic E-state index is 11.8. The third-order valence-electron chi connectivity index (χ3n) is 3.38. The van der Waals surface area contributed by atoms with Crippen molar-refractivity contribution < 1.29 is 15.0 Å². The largest absolute Gasteiger partial charge is 0.396 e. The Hall–Kier alpha value is -0.610. The molecular formula is C12H23NO3. The summed E-state index contributed by atoms with van der Waals surface area (Å²) >= 11 is 0. The molecule has 2 N–H and O–H groups in total. The Kier molecular flexibility index (Phi) is 5.77. The minimum Gasteiger partial charge on any atom is -0.396 e. The van der Waals surface area contributed by atoms with Gasteiger partial charge in [-0.1, -0.05) is 12.8 Å². The fourth-order valence-corrected chi connectivity index (χ4v) is 2.29. The van der Waals surface area contributed by atoms with E-state index in [0.29, 0.717) is 12.8 Å². The lowest BCUT2D eigenvalue weighted by molar-refractivity contribution is -0.135. The summed E-state index contributed by atoms with van der Waals surface area (Å²) < 4.78 is 0. The van der Waals surface area contributed by atoms with Crippen LogP contribution in [-0.4, -0.2) is 46.8 Å². The molecule has 1 fully saturated rings. The van der Waals surface area contributed by atoms with Crippen LogP contribution in [0.1, 0.15) is 44.9 Å². The van der Waals surface area contributed by atoms with E-state index < -0.39 is 0 Å². The van der Waals surface area contributed by atoms with Gasteiger partial charge in [-0.2, -0.15) is 0 Å². The molecule has 4 heteroatoms. The lowest BCUT2D eigenvalue weighted by Gasteiger charge is -2.35. The normalized spacial score (nSPS) is 25.4. The van der Waals surface area contributed by atoms with Crippen LogP contribution < -0.4 is 0 Å². The van der Waals surface area contributed by atoms with E-state index >= 15 is 0 Å². The first-order chi connectivity index (χ1) is 7.66. The average molecular weight is 229 g/mol. The van der Waals surface area contributed by atoms with Crippen LogP contribution in [0.2, 0.25) is 0 Å². The highest BCUT2D eigenvalue weighted by Gasteiger charge is 2.28. The molecule has 4 nitrogen and oxygen atoms in total. The molecule has 0 heterocycles. The van der Waals surface area contributed by atoms with Gasteiger partial charge in [0.15, 0.2) is 0 Å². The first kappa shape index (κ1) is 13.5. The predicted octanol–water partition coefficient (Wildman–Crippen LogP) is 0.911. The number of aliphatic hydroxyl groups is 2. The van der Waals surface area contributed by atoms with Crippen molar-refractivity contribution in [1.29, 1.82) is 0 Å². The Morgan fingerprint density at radius 2 is 2.00 bits per heavy atom. The second-order valence-electron chi connectivity index (χ2n) is 4.60. The van der Waals surface area contributed by atoms with E-state index in [1.807, 2.05) is 0 Å². The van der Waals surface area contributed by atoms with Crippen molar-refractivity contribution in [2.75, 3.05) is 13.7 Å². The molecule has 0 aliphatic heterocycles. The molecule has 1 saturated carbocycles. The Bertz CT molecular complexity index is 220. The summed E-state index contributed by atoms with van der Waals surface area (Å²) in [5.41, 5.74) is 0. The highest BCUT2D eigenvalue weighted by molar-refractivity contribution is 5.76. The zero-order valence-corrected chi connectivity index (χ0v) is 10.1. The maximum Gasteiger partial charge on any atom is 0.222 e. The number of hydrogen-bond donors (Lipinski definition) is 2. The molecule has 0 aromatic carbocycles. The summed E-state index contributed by atoms with van der Waals surface area (Å²) in [7, 11) is 1.78. The summed E-state index contributed by atoms with van der Waals surface area (Å²) in [5, 5.41) is 18.5. The predicted molar refractivity (Wildman–Crippen MR) is 62.0 cm³/mol. The minimum absolute atomic E-state index is 0.00428. The van der Waals surface area contributed by atoms with Crippen LogP contribution in [0.3, 0.4) is 0 Å². The highest BCUT2D eigenvalue weighted by atomic mass is 16.3. The SMILES string of the molecule is CN(C(=O)CCCCO)C1CCCCC1O. The molecule has 0 saturated heterocycles. The third kappa shape index (κ3) is 3.76. The Morgan fingerprint density at radius 1 is 1.31 bits per heavy atom. The van der Waals surface area contributed by atoms with Gasteiger partial charge in [-0.15, -0.1) is 0 Å². The number of carbonyl (C=O) groups is 1. The number of rotatable bonds is 5. The zero-order chi connectivity index (χ0) is 12.0. The van der Waals surface area contributed by atoms with Crippen LogP contribution in [0.5, 0.6) is 0 Å². The van der Waals surface area contributed by atoms with E-state index in [2.05, 4.69) is 0 Å². The van der Waals surface area contributed by atoms with Crippen LogP contribution >= 0.6 is 0 Å². The Balaban J connectivity index is 2.36. The number of likely N-dealkylation sites (N-methyl/N-ethyl adjacent to an activating group) is 1. The van der Waals surface area contributed by atoms with Gasteiger partial charge in [-0.05, 0) is 25.7 Å². The molecule has 16 heavy (non-hydrogen) atoms. The monoisotopic (exact) mass is 229 g/mol. The number of carbonyl (C=O) groups excluding carboxylic acids is 1. The molecule has 0 aromatic rings. The van der Waals surface area contributed by atoms with Crippen molar-refractivity contribution in [1.82, 2.24) is 4.90 Å². The van der Waals surface area contributed by atoms with Gasteiger partial charge in [-0.25, -0.2) is 0 Å². The van der Waals surface area contributed by atoms with E-state index in [1.54, 1.807) is 11.9 Å². The molecule has 94 valence electrons. The zero-order valence-electron chi connectivity index (χ0n) is 10.1. The molecule has 1 amide bonds. The summed E-state index contributed by atoms with van der Waals surface area (Å²) in [4.78, 5) is 13.5. The standard InChI is InChI=1S/C12H23NO3/c1-13(12(16)8-4-5-9-14)10-6-2-3-7-11(10)15/h10-11,14-15H,2-9H2,1H3. The fraction of sp³-hybridized carbons (Fsp3) is 0.917. The topological polar surface area (TPSA) is 60.8 Å². The van der Waals surface area contributed by atoms with Gasteiger partial charge >= 0.3 is 0 Å². The van der Waals surface area contributed by atoms with Gasteiger partial charge in [0, 0.05) is 20.1 Å². The van der Waals surface area contributed by atoms with E-state index in [1.165, 1.54) is 0 Å². The number of amides is 1.